The third-order valence-electron chi connectivity index (χ3n) is 5.51. The molecule has 2 aromatic carbocycles. The second-order valence-corrected chi connectivity index (χ2v) is 8.10. The number of rotatable bonds is 10. The molecule has 0 saturated carbocycles. The maximum Gasteiger partial charge on any atom is 0.410 e. The topological polar surface area (TPSA) is 78.0 Å². The lowest BCUT2D eigenvalue weighted by atomic mass is 9.96. The molecule has 0 aliphatic heterocycles. The molecule has 7 heteroatoms. The van der Waals surface area contributed by atoms with Crippen molar-refractivity contribution >= 4 is 12.1 Å². The minimum absolute atomic E-state index is 0.117. The molecule has 7 nitrogen and oxygen atoms in total. The second-order valence-electron chi connectivity index (χ2n) is 8.10. The fraction of sp³-hybridized carbons (Fsp3) is 0.321. The van der Waals surface area contributed by atoms with Crippen molar-refractivity contribution in [2.45, 2.75) is 40.3 Å². The van der Waals surface area contributed by atoms with Crippen molar-refractivity contribution < 1.29 is 23.8 Å². The molecule has 0 bridgehead atoms. The molecule has 35 heavy (non-hydrogen) atoms. The summed E-state index contributed by atoms with van der Waals surface area (Å²) in [5.41, 5.74) is 5.27. The fourth-order valence-corrected chi connectivity index (χ4v) is 3.76. The van der Waals surface area contributed by atoms with Crippen LogP contribution in [0.25, 0.3) is 11.1 Å². The van der Waals surface area contributed by atoms with E-state index in [1.807, 2.05) is 68.4 Å². The second kappa shape index (κ2) is 12.6. The molecule has 1 heterocycles. The molecule has 0 atom stereocenters. The third kappa shape index (κ3) is 7.06. The van der Waals surface area contributed by atoms with Crippen molar-refractivity contribution in [3.8, 4) is 17.0 Å². The summed E-state index contributed by atoms with van der Waals surface area (Å²) in [6.07, 6.45) is 1.35. The first kappa shape index (κ1) is 25.7. The fourth-order valence-electron chi connectivity index (χ4n) is 3.76. The number of amides is 1. The van der Waals surface area contributed by atoms with Crippen LogP contribution >= 0.6 is 0 Å². The lowest BCUT2D eigenvalue weighted by Crippen LogP contribution is -2.31. The first-order chi connectivity index (χ1) is 16.9. The smallest absolute Gasteiger partial charge is 0.410 e. The summed E-state index contributed by atoms with van der Waals surface area (Å²) in [5.74, 6) is 0.130. The number of carbonyl (C=O) groups excluding carboxylic acids is 2. The van der Waals surface area contributed by atoms with Crippen LogP contribution in [0.3, 0.4) is 0 Å². The third-order valence-corrected chi connectivity index (χ3v) is 5.51. The van der Waals surface area contributed by atoms with Crippen LogP contribution in [0.2, 0.25) is 0 Å². The number of nitrogens with zero attached hydrogens (tertiary/aromatic N) is 2. The molecule has 0 N–H and O–H groups in total. The van der Waals surface area contributed by atoms with E-state index >= 15 is 0 Å². The van der Waals surface area contributed by atoms with Gasteiger partial charge in [0, 0.05) is 24.8 Å². The summed E-state index contributed by atoms with van der Waals surface area (Å²) in [6.45, 7) is 7.07. The molecule has 184 valence electrons. The molecule has 3 rings (SSSR count). The van der Waals surface area contributed by atoms with Crippen molar-refractivity contribution in [1.29, 1.82) is 0 Å². The molecular weight excluding hydrogens is 444 g/mol. The summed E-state index contributed by atoms with van der Waals surface area (Å²) < 4.78 is 16.2. The van der Waals surface area contributed by atoms with Crippen LogP contribution in [-0.2, 0) is 33.8 Å². The Morgan fingerprint density at radius 1 is 0.943 bits per heavy atom. The van der Waals surface area contributed by atoms with Gasteiger partial charge in [0.25, 0.3) is 0 Å². The molecule has 1 aromatic heterocycles. The van der Waals surface area contributed by atoms with Gasteiger partial charge in [-0.05, 0) is 49.1 Å². The maximum atomic E-state index is 12.9. The quantitative estimate of drug-likeness (QED) is 0.368. The Hall–Kier alpha value is -3.87. The molecule has 0 aliphatic carbocycles. The molecular formula is C28H32N2O5. The largest absolute Gasteiger partial charge is 0.481 e. The molecule has 3 aromatic rings. The van der Waals surface area contributed by atoms with Gasteiger partial charge < -0.3 is 19.1 Å². The minimum Gasteiger partial charge on any atom is -0.481 e. The first-order valence-electron chi connectivity index (χ1n) is 11.7. The molecule has 0 spiro atoms. The van der Waals surface area contributed by atoms with Crippen molar-refractivity contribution in [3.63, 3.8) is 0 Å². The van der Waals surface area contributed by atoms with Crippen LogP contribution < -0.4 is 4.74 Å². The number of hydrogen-bond donors (Lipinski definition) is 0. The van der Waals surface area contributed by atoms with Crippen LogP contribution in [0.15, 0.2) is 60.8 Å². The molecule has 1 amide bonds. The maximum absolute atomic E-state index is 12.9. The van der Waals surface area contributed by atoms with Gasteiger partial charge in [0.1, 0.15) is 6.61 Å². The van der Waals surface area contributed by atoms with E-state index in [4.69, 9.17) is 14.2 Å². The van der Waals surface area contributed by atoms with Crippen molar-refractivity contribution in [1.82, 2.24) is 9.88 Å². The number of pyridine rings is 1. The summed E-state index contributed by atoms with van der Waals surface area (Å²) in [6, 6.07) is 17.5. The number of aryl methyl sites for hydroxylation is 1. The van der Waals surface area contributed by atoms with E-state index < -0.39 is 0 Å². The van der Waals surface area contributed by atoms with Crippen LogP contribution in [0.5, 0.6) is 5.88 Å². The Balaban J connectivity index is 1.87. The van der Waals surface area contributed by atoms with E-state index in [9.17, 15) is 9.59 Å². The summed E-state index contributed by atoms with van der Waals surface area (Å²) >= 11 is 0. The lowest BCUT2D eigenvalue weighted by molar-refractivity contribution is -0.142. The number of ether oxygens (including phenoxy) is 3. The predicted octanol–water partition coefficient (Wildman–Crippen LogP) is 5.33. The van der Waals surface area contributed by atoms with Crippen molar-refractivity contribution in [3.05, 3.63) is 83.0 Å². The number of benzene rings is 2. The van der Waals surface area contributed by atoms with Crippen LogP contribution in [0.1, 0.15) is 36.1 Å². The Morgan fingerprint density at radius 2 is 1.71 bits per heavy atom. The van der Waals surface area contributed by atoms with Gasteiger partial charge in [0.15, 0.2) is 0 Å². The number of carbonyl (C=O) groups is 2. The number of aromatic nitrogens is 1. The molecule has 0 aliphatic rings. The van der Waals surface area contributed by atoms with E-state index in [1.165, 1.54) is 0 Å². The predicted molar refractivity (Wildman–Crippen MR) is 134 cm³/mol. The molecule has 0 saturated heterocycles. The van der Waals surface area contributed by atoms with E-state index in [0.717, 1.165) is 33.4 Å². The van der Waals surface area contributed by atoms with E-state index in [1.54, 1.807) is 25.1 Å². The zero-order valence-corrected chi connectivity index (χ0v) is 20.7. The molecule has 0 radical (unpaired) electrons. The van der Waals surface area contributed by atoms with E-state index in [-0.39, 0.29) is 25.1 Å². The van der Waals surface area contributed by atoms with Gasteiger partial charge in [0.2, 0.25) is 5.88 Å². The monoisotopic (exact) mass is 476 g/mol. The zero-order chi connectivity index (χ0) is 25.2. The first-order valence-corrected chi connectivity index (χ1v) is 11.7. The summed E-state index contributed by atoms with van der Waals surface area (Å²) in [5, 5.41) is 0. The molecule has 0 unspecified atom stereocenters. The van der Waals surface area contributed by atoms with Gasteiger partial charge >= 0.3 is 12.1 Å². The van der Waals surface area contributed by atoms with E-state index in [2.05, 4.69) is 4.98 Å². The van der Waals surface area contributed by atoms with Crippen LogP contribution in [0, 0.1) is 6.92 Å². The van der Waals surface area contributed by atoms with E-state index in [0.29, 0.717) is 25.6 Å². The summed E-state index contributed by atoms with van der Waals surface area (Å²) in [4.78, 5) is 30.9. The average molecular weight is 477 g/mol. The van der Waals surface area contributed by atoms with Crippen molar-refractivity contribution in [2.75, 3.05) is 20.3 Å². The normalized spacial score (nSPS) is 10.5. The SMILES string of the molecule is CCOC(=O)Cc1cnc(OC)c(-c2ccc(C)cc2CN(CC)C(=O)OCc2ccccc2)c1. The molecule has 0 fully saturated rings. The van der Waals surface area contributed by atoms with Crippen molar-refractivity contribution in [2.24, 2.45) is 0 Å². The van der Waals surface area contributed by atoms with Crippen LogP contribution in [0.4, 0.5) is 4.79 Å². The Labute approximate surface area is 206 Å². The number of hydrogen-bond acceptors (Lipinski definition) is 6. The highest BCUT2D eigenvalue weighted by atomic mass is 16.6. The van der Waals surface area contributed by atoms with Gasteiger partial charge in [-0.3, -0.25) is 4.79 Å². The lowest BCUT2D eigenvalue weighted by Gasteiger charge is -2.23. The number of methoxy groups -OCH3 is 1. The van der Waals surface area contributed by atoms with Gasteiger partial charge in [-0.1, -0.05) is 54.1 Å². The zero-order valence-electron chi connectivity index (χ0n) is 20.7. The Morgan fingerprint density at radius 3 is 2.40 bits per heavy atom. The summed E-state index contributed by atoms with van der Waals surface area (Å²) in [7, 11) is 1.56. The highest BCUT2D eigenvalue weighted by Crippen LogP contribution is 2.33. The van der Waals surface area contributed by atoms with Gasteiger partial charge in [-0.25, -0.2) is 9.78 Å². The van der Waals surface area contributed by atoms with Gasteiger partial charge in [0.05, 0.1) is 20.1 Å². The van der Waals surface area contributed by atoms with Gasteiger partial charge in [-0.15, -0.1) is 0 Å². The highest BCUT2D eigenvalue weighted by molar-refractivity contribution is 5.77. The minimum atomic E-state index is -0.384. The number of esters is 1. The Bertz CT molecular complexity index is 1150. The Kier molecular flexibility index (Phi) is 9.23. The average Bonchev–Trinajstić information content (AvgIpc) is 2.86. The standard InChI is InChI=1S/C28H32N2O5/c1-5-30(28(32)35-19-21-10-8-7-9-11-21)18-23-14-20(3)12-13-24(23)25-15-22(16-26(31)34-6-2)17-29-27(25)33-4/h7-15,17H,5-6,16,18-19H2,1-4H3. The van der Waals surface area contributed by atoms with Gasteiger partial charge in [-0.2, -0.15) is 0 Å². The highest BCUT2D eigenvalue weighted by Gasteiger charge is 2.19. The van der Waals surface area contributed by atoms with Crippen LogP contribution in [-0.4, -0.2) is 42.2 Å².